The van der Waals surface area contributed by atoms with E-state index >= 15 is 0 Å². The molecule has 0 atom stereocenters. The van der Waals surface area contributed by atoms with Crippen LogP contribution in [-0.2, 0) is 16.1 Å². The fourth-order valence-electron chi connectivity index (χ4n) is 2.57. The van der Waals surface area contributed by atoms with E-state index in [-0.39, 0.29) is 13.2 Å². The van der Waals surface area contributed by atoms with Gasteiger partial charge >= 0.3 is 5.97 Å². The van der Waals surface area contributed by atoms with Crippen molar-refractivity contribution in [3.8, 4) is 5.75 Å². The molecule has 0 spiro atoms. The molecule has 0 aliphatic rings. The fourth-order valence-corrected chi connectivity index (χ4v) is 2.57. The first kappa shape index (κ1) is 15.2. The van der Waals surface area contributed by atoms with Gasteiger partial charge in [0, 0.05) is 0 Å². The Balaban J connectivity index is 1.33. The molecule has 3 aromatic carbocycles. The van der Waals surface area contributed by atoms with Crippen LogP contribution in [0.25, 0.3) is 21.9 Å². The summed E-state index contributed by atoms with van der Waals surface area (Å²) in [5, 5.41) is 2.17. The molecule has 124 valence electrons. The van der Waals surface area contributed by atoms with Gasteiger partial charge in [0.15, 0.2) is 18.8 Å². The summed E-state index contributed by atoms with van der Waals surface area (Å²) >= 11 is 0. The average molecular weight is 333 g/mol. The van der Waals surface area contributed by atoms with Crippen LogP contribution in [-0.4, -0.2) is 17.6 Å². The number of hydrogen-bond acceptors (Lipinski definition) is 5. The Morgan fingerprint density at radius 3 is 2.64 bits per heavy atom. The van der Waals surface area contributed by atoms with E-state index in [4.69, 9.17) is 13.9 Å². The summed E-state index contributed by atoms with van der Waals surface area (Å²) in [6.45, 7) is -0.187. The van der Waals surface area contributed by atoms with E-state index in [1.165, 1.54) is 0 Å². The molecule has 25 heavy (non-hydrogen) atoms. The number of para-hydroxylation sites is 2. The molecule has 0 aliphatic heterocycles. The lowest BCUT2D eigenvalue weighted by Gasteiger charge is -2.07. The first-order valence-corrected chi connectivity index (χ1v) is 7.90. The second-order valence-corrected chi connectivity index (χ2v) is 5.53. The highest BCUT2D eigenvalue weighted by atomic mass is 16.6. The van der Waals surface area contributed by atoms with Crippen molar-refractivity contribution in [1.29, 1.82) is 0 Å². The molecule has 0 saturated heterocycles. The monoisotopic (exact) mass is 333 g/mol. The Morgan fingerprint density at radius 1 is 0.960 bits per heavy atom. The van der Waals surface area contributed by atoms with Crippen molar-refractivity contribution in [2.45, 2.75) is 6.61 Å². The van der Waals surface area contributed by atoms with E-state index in [2.05, 4.69) is 4.98 Å². The van der Waals surface area contributed by atoms with E-state index in [1.807, 2.05) is 66.7 Å². The van der Waals surface area contributed by atoms with Crippen molar-refractivity contribution >= 4 is 27.8 Å². The maximum Gasteiger partial charge on any atom is 0.344 e. The van der Waals surface area contributed by atoms with Gasteiger partial charge in [0.2, 0.25) is 5.89 Å². The molecule has 5 heteroatoms. The normalized spacial score (nSPS) is 10.9. The molecular formula is C20H15NO4. The molecule has 4 rings (SSSR count). The maximum absolute atomic E-state index is 11.9. The highest BCUT2D eigenvalue weighted by molar-refractivity contribution is 5.83. The third-order valence-electron chi connectivity index (χ3n) is 3.77. The molecule has 0 N–H and O–H groups in total. The van der Waals surface area contributed by atoms with Crippen molar-refractivity contribution < 1.29 is 18.7 Å². The van der Waals surface area contributed by atoms with E-state index in [9.17, 15) is 4.79 Å². The number of aromatic nitrogens is 1. The topological polar surface area (TPSA) is 61.6 Å². The summed E-state index contributed by atoms with van der Waals surface area (Å²) in [4.78, 5) is 16.1. The summed E-state index contributed by atoms with van der Waals surface area (Å²) in [5.41, 5.74) is 1.40. The van der Waals surface area contributed by atoms with Gasteiger partial charge in [0.05, 0.1) is 0 Å². The molecule has 0 aliphatic carbocycles. The number of ether oxygens (including phenoxy) is 2. The lowest BCUT2D eigenvalue weighted by Crippen LogP contribution is -2.14. The molecule has 4 aromatic rings. The second kappa shape index (κ2) is 6.65. The number of fused-ring (bicyclic) bond motifs is 2. The van der Waals surface area contributed by atoms with Gasteiger partial charge in [-0.25, -0.2) is 9.78 Å². The zero-order valence-corrected chi connectivity index (χ0v) is 13.3. The van der Waals surface area contributed by atoms with Crippen molar-refractivity contribution in [2.75, 3.05) is 6.61 Å². The average Bonchev–Trinajstić information content (AvgIpc) is 3.07. The molecule has 0 amide bonds. The number of hydrogen-bond donors (Lipinski definition) is 0. The summed E-state index contributed by atoms with van der Waals surface area (Å²) in [6.07, 6.45) is 0. The number of carbonyl (C=O) groups excluding carboxylic acids is 1. The zero-order chi connectivity index (χ0) is 17.1. The Bertz CT molecular complexity index is 1000. The van der Waals surface area contributed by atoms with Crippen molar-refractivity contribution in [1.82, 2.24) is 4.98 Å². The first-order chi connectivity index (χ1) is 12.3. The lowest BCUT2D eigenvalue weighted by molar-refractivity contribution is -0.148. The Morgan fingerprint density at radius 2 is 1.76 bits per heavy atom. The quantitative estimate of drug-likeness (QED) is 0.515. The Hall–Kier alpha value is -3.34. The van der Waals surface area contributed by atoms with Gasteiger partial charge in [-0.1, -0.05) is 42.5 Å². The SMILES string of the molecule is O=C(COc1ccc2ccccc2c1)OCc1nc2ccccc2o1. The van der Waals surface area contributed by atoms with Crippen LogP contribution < -0.4 is 4.74 Å². The number of rotatable bonds is 5. The second-order valence-electron chi connectivity index (χ2n) is 5.53. The summed E-state index contributed by atoms with van der Waals surface area (Å²) in [5.74, 6) is 0.508. The molecule has 5 nitrogen and oxygen atoms in total. The molecule has 0 bridgehead atoms. The Kier molecular flexibility index (Phi) is 4.04. The van der Waals surface area contributed by atoms with Gasteiger partial charge in [-0.15, -0.1) is 0 Å². The van der Waals surface area contributed by atoms with Crippen molar-refractivity contribution in [3.63, 3.8) is 0 Å². The van der Waals surface area contributed by atoms with Gasteiger partial charge in [0.25, 0.3) is 0 Å². The van der Waals surface area contributed by atoms with Crippen LogP contribution in [0.15, 0.2) is 71.1 Å². The minimum absolute atomic E-state index is 0.0193. The highest BCUT2D eigenvalue weighted by Crippen LogP contribution is 2.20. The molecule has 0 fully saturated rings. The van der Waals surface area contributed by atoms with Crippen LogP contribution in [0, 0.1) is 0 Å². The van der Waals surface area contributed by atoms with Gasteiger partial charge in [-0.05, 0) is 35.0 Å². The van der Waals surface area contributed by atoms with Crippen LogP contribution in [0.4, 0.5) is 0 Å². The molecule has 1 heterocycles. The summed E-state index contributed by atoms with van der Waals surface area (Å²) in [6, 6.07) is 21.0. The molecule has 1 aromatic heterocycles. The van der Waals surface area contributed by atoms with Crippen LogP contribution in [0.5, 0.6) is 5.75 Å². The fraction of sp³-hybridized carbons (Fsp3) is 0.100. The smallest absolute Gasteiger partial charge is 0.344 e. The van der Waals surface area contributed by atoms with E-state index < -0.39 is 5.97 Å². The minimum Gasteiger partial charge on any atom is -0.482 e. The number of oxazole rings is 1. The number of benzene rings is 3. The summed E-state index contributed by atoms with van der Waals surface area (Å²) < 4.78 is 16.1. The van der Waals surface area contributed by atoms with Crippen molar-refractivity contribution in [3.05, 3.63) is 72.6 Å². The first-order valence-electron chi connectivity index (χ1n) is 7.90. The van der Waals surface area contributed by atoms with E-state index in [0.717, 1.165) is 16.3 Å². The van der Waals surface area contributed by atoms with E-state index in [1.54, 1.807) is 0 Å². The van der Waals surface area contributed by atoms with Crippen LogP contribution in [0.3, 0.4) is 0 Å². The zero-order valence-electron chi connectivity index (χ0n) is 13.3. The van der Waals surface area contributed by atoms with Crippen molar-refractivity contribution in [2.24, 2.45) is 0 Å². The van der Waals surface area contributed by atoms with Crippen LogP contribution in [0.2, 0.25) is 0 Å². The largest absolute Gasteiger partial charge is 0.482 e. The molecule has 0 unspecified atom stereocenters. The highest BCUT2D eigenvalue weighted by Gasteiger charge is 2.09. The van der Waals surface area contributed by atoms with Gasteiger partial charge < -0.3 is 13.9 Å². The minimum atomic E-state index is -0.476. The number of esters is 1. The van der Waals surface area contributed by atoms with Crippen LogP contribution >= 0.6 is 0 Å². The third kappa shape index (κ3) is 3.45. The number of carbonyl (C=O) groups is 1. The van der Waals surface area contributed by atoms with Gasteiger partial charge in [0.1, 0.15) is 11.3 Å². The standard InChI is InChI=1S/C20H15NO4/c22-20(24-12-19-21-17-7-3-4-8-18(17)25-19)13-23-16-10-9-14-5-1-2-6-15(14)11-16/h1-11H,12-13H2. The van der Waals surface area contributed by atoms with E-state index in [0.29, 0.717) is 17.2 Å². The predicted octanol–water partition coefficient (Wildman–Crippen LogP) is 4.10. The third-order valence-corrected chi connectivity index (χ3v) is 3.77. The maximum atomic E-state index is 11.9. The number of nitrogens with zero attached hydrogens (tertiary/aromatic N) is 1. The molecular weight excluding hydrogens is 318 g/mol. The van der Waals surface area contributed by atoms with Gasteiger partial charge in [-0.3, -0.25) is 0 Å². The molecule has 0 radical (unpaired) electrons. The molecule has 0 saturated carbocycles. The van der Waals surface area contributed by atoms with Crippen LogP contribution in [0.1, 0.15) is 5.89 Å². The lowest BCUT2D eigenvalue weighted by atomic mass is 10.1. The predicted molar refractivity (Wildman–Crippen MR) is 93.2 cm³/mol. The summed E-state index contributed by atoms with van der Waals surface area (Å²) in [7, 11) is 0. The Labute approximate surface area is 143 Å². The van der Waals surface area contributed by atoms with Gasteiger partial charge in [-0.2, -0.15) is 0 Å².